The molecule has 0 atom stereocenters. The van der Waals surface area contributed by atoms with Crippen LogP contribution in [0.3, 0.4) is 0 Å². The highest BCUT2D eigenvalue weighted by Gasteiger charge is 2.31. The summed E-state index contributed by atoms with van der Waals surface area (Å²) in [5.74, 6) is 1.29. The summed E-state index contributed by atoms with van der Waals surface area (Å²) in [6, 6.07) is 0.983. The molecule has 0 aliphatic heterocycles. The highest BCUT2D eigenvalue weighted by Crippen LogP contribution is 2.44. The lowest BCUT2D eigenvalue weighted by molar-refractivity contribution is 0.0816. The maximum absolute atomic E-state index is 9.03. The zero-order chi connectivity index (χ0) is 22.7. The lowest BCUT2D eigenvalue weighted by Crippen LogP contribution is -2.12. The van der Waals surface area contributed by atoms with E-state index in [1.165, 1.54) is 12.5 Å². The fourth-order valence-electron chi connectivity index (χ4n) is 3.40. The Kier molecular flexibility index (Phi) is 6.47. The molecule has 1 N–H and O–H groups in total. The predicted octanol–water partition coefficient (Wildman–Crippen LogP) is 3.29. The molecule has 4 rings (SSSR count). The van der Waals surface area contributed by atoms with Crippen LogP contribution in [0.15, 0.2) is 17.7 Å². The van der Waals surface area contributed by atoms with Crippen molar-refractivity contribution >= 4 is 26.8 Å². The van der Waals surface area contributed by atoms with Crippen LogP contribution in [0.1, 0.15) is 50.9 Å². The highest BCUT2D eigenvalue weighted by atomic mass is 28.2. The Morgan fingerprint density at radius 2 is 2.09 bits per heavy atom. The van der Waals surface area contributed by atoms with Gasteiger partial charge in [-0.2, -0.15) is 5.10 Å². The average Bonchev–Trinajstić information content (AvgIpc) is 3.56. The molecule has 1 fully saturated rings. The first-order valence-electron chi connectivity index (χ1n) is 10.5. The molecular formula is C21H27N7O3Si. The summed E-state index contributed by atoms with van der Waals surface area (Å²) in [6.07, 6.45) is 6.61. The summed E-state index contributed by atoms with van der Waals surface area (Å²) in [6.45, 7) is 7.54. The molecule has 0 bridgehead atoms. The molecule has 32 heavy (non-hydrogen) atoms. The summed E-state index contributed by atoms with van der Waals surface area (Å²) in [7, 11) is 2.39. The first-order valence-corrected chi connectivity index (χ1v) is 11.7. The first-order chi connectivity index (χ1) is 15.4. The third kappa shape index (κ3) is 4.94. The van der Waals surface area contributed by atoms with Gasteiger partial charge < -0.3 is 14.7 Å². The van der Waals surface area contributed by atoms with Crippen molar-refractivity contribution in [2.45, 2.75) is 57.3 Å². The number of fused-ring (bicyclic) bond motifs is 1. The SMILES string of the molecule is COc1ncnc(C2CC2)c1-c1ncc2c(C=NO)nn(COCC[Si]C(C)(C)C)c2n1. The van der Waals surface area contributed by atoms with Crippen LogP contribution in [-0.2, 0) is 11.5 Å². The maximum atomic E-state index is 9.03. The summed E-state index contributed by atoms with van der Waals surface area (Å²) in [5.41, 5.74) is 2.65. The molecule has 0 saturated heterocycles. The van der Waals surface area contributed by atoms with Gasteiger partial charge in [0.15, 0.2) is 11.5 Å². The normalized spacial score (nSPS) is 14.5. The lowest BCUT2D eigenvalue weighted by Gasteiger charge is -2.16. The molecule has 0 amide bonds. The van der Waals surface area contributed by atoms with Gasteiger partial charge in [0.2, 0.25) is 5.88 Å². The highest BCUT2D eigenvalue weighted by molar-refractivity contribution is 6.39. The smallest absolute Gasteiger partial charge is 0.227 e. The molecule has 1 saturated carbocycles. The Bertz CT molecular complexity index is 1120. The van der Waals surface area contributed by atoms with E-state index >= 15 is 0 Å². The molecule has 3 aromatic heterocycles. The van der Waals surface area contributed by atoms with E-state index < -0.39 is 0 Å². The summed E-state index contributed by atoms with van der Waals surface area (Å²) >= 11 is 0. The number of rotatable bonds is 9. The van der Waals surface area contributed by atoms with Gasteiger partial charge in [-0.1, -0.05) is 25.9 Å². The van der Waals surface area contributed by atoms with Crippen LogP contribution in [0.25, 0.3) is 22.4 Å². The minimum atomic E-state index is 0.235. The van der Waals surface area contributed by atoms with Gasteiger partial charge in [0.25, 0.3) is 0 Å². The molecule has 168 valence electrons. The predicted molar refractivity (Wildman–Crippen MR) is 120 cm³/mol. The average molecular weight is 454 g/mol. The van der Waals surface area contributed by atoms with E-state index in [9.17, 15) is 0 Å². The zero-order valence-corrected chi connectivity index (χ0v) is 19.7. The van der Waals surface area contributed by atoms with Crippen molar-refractivity contribution in [3.05, 3.63) is 23.9 Å². The minimum absolute atomic E-state index is 0.235. The molecule has 11 heteroatoms. The molecule has 0 aromatic carbocycles. The Hall–Kier alpha value is -2.92. The third-order valence-electron chi connectivity index (χ3n) is 5.04. The van der Waals surface area contributed by atoms with Crippen molar-refractivity contribution in [3.8, 4) is 17.3 Å². The first kappa shape index (κ1) is 22.3. The van der Waals surface area contributed by atoms with Gasteiger partial charge in [0, 0.05) is 28.2 Å². The number of aromatic nitrogens is 6. The van der Waals surface area contributed by atoms with Crippen molar-refractivity contribution in [1.29, 1.82) is 0 Å². The fraction of sp³-hybridized carbons (Fsp3) is 0.524. The van der Waals surface area contributed by atoms with Crippen molar-refractivity contribution in [3.63, 3.8) is 0 Å². The van der Waals surface area contributed by atoms with Crippen LogP contribution in [0.4, 0.5) is 0 Å². The Balaban J connectivity index is 1.67. The molecule has 0 unspecified atom stereocenters. The van der Waals surface area contributed by atoms with E-state index in [2.05, 4.69) is 46.0 Å². The topological polar surface area (TPSA) is 120 Å². The summed E-state index contributed by atoms with van der Waals surface area (Å²) < 4.78 is 13.0. The lowest BCUT2D eigenvalue weighted by atomic mass is 10.1. The summed E-state index contributed by atoms with van der Waals surface area (Å²) in [4.78, 5) is 18.1. The molecule has 10 nitrogen and oxygen atoms in total. The maximum Gasteiger partial charge on any atom is 0.227 e. The van der Waals surface area contributed by atoms with Crippen LogP contribution in [0.2, 0.25) is 11.1 Å². The van der Waals surface area contributed by atoms with E-state index in [0.717, 1.165) is 34.1 Å². The second kappa shape index (κ2) is 9.29. The Morgan fingerprint density at radius 3 is 2.78 bits per heavy atom. The van der Waals surface area contributed by atoms with Gasteiger partial charge in [-0.15, -0.1) is 0 Å². The number of hydrogen-bond donors (Lipinski definition) is 1. The van der Waals surface area contributed by atoms with E-state index in [-0.39, 0.29) is 6.73 Å². The van der Waals surface area contributed by atoms with Gasteiger partial charge in [0.1, 0.15) is 24.3 Å². The van der Waals surface area contributed by atoms with E-state index in [1.807, 2.05) is 0 Å². The van der Waals surface area contributed by atoms with Gasteiger partial charge in [-0.3, -0.25) is 0 Å². The van der Waals surface area contributed by atoms with Crippen molar-refractivity contribution in [2.24, 2.45) is 5.16 Å². The Labute approximate surface area is 188 Å². The summed E-state index contributed by atoms with van der Waals surface area (Å²) in [5, 5.41) is 17.6. The second-order valence-electron chi connectivity index (χ2n) is 8.69. The second-order valence-corrected chi connectivity index (χ2v) is 11.0. The van der Waals surface area contributed by atoms with E-state index in [1.54, 1.807) is 18.0 Å². The van der Waals surface area contributed by atoms with Crippen molar-refractivity contribution in [2.75, 3.05) is 13.7 Å². The van der Waals surface area contributed by atoms with Crippen LogP contribution in [-0.4, -0.2) is 64.4 Å². The van der Waals surface area contributed by atoms with E-state index in [4.69, 9.17) is 19.7 Å². The largest absolute Gasteiger partial charge is 0.480 e. The molecular weight excluding hydrogens is 426 g/mol. The van der Waals surface area contributed by atoms with Crippen LogP contribution in [0.5, 0.6) is 5.88 Å². The molecule has 3 heterocycles. The van der Waals surface area contributed by atoms with Crippen molar-refractivity contribution < 1.29 is 14.7 Å². The van der Waals surface area contributed by atoms with Gasteiger partial charge >= 0.3 is 0 Å². The number of nitrogens with zero attached hydrogens (tertiary/aromatic N) is 7. The number of hydrogen-bond acceptors (Lipinski definition) is 9. The molecule has 2 radical (unpaired) electrons. The Morgan fingerprint density at radius 1 is 1.28 bits per heavy atom. The monoisotopic (exact) mass is 453 g/mol. The molecule has 1 aliphatic rings. The van der Waals surface area contributed by atoms with Crippen LogP contribution >= 0.6 is 0 Å². The van der Waals surface area contributed by atoms with Crippen molar-refractivity contribution in [1.82, 2.24) is 29.7 Å². The molecule has 3 aromatic rings. The fourth-order valence-corrected chi connectivity index (χ4v) is 4.40. The molecule has 1 aliphatic carbocycles. The van der Waals surface area contributed by atoms with Gasteiger partial charge in [-0.05, 0) is 23.9 Å². The molecule has 0 spiro atoms. The van der Waals surface area contributed by atoms with E-state index in [0.29, 0.717) is 51.6 Å². The zero-order valence-electron chi connectivity index (χ0n) is 18.7. The van der Waals surface area contributed by atoms with Gasteiger partial charge in [0.05, 0.1) is 24.4 Å². The quantitative estimate of drug-likeness (QED) is 0.172. The van der Waals surface area contributed by atoms with Gasteiger partial charge in [-0.25, -0.2) is 24.6 Å². The number of oxime groups is 1. The standard InChI is InChI=1S/C21H27N7O3Si/c1-21(2,3)32-8-7-31-12-28-19-14(15(27-28)10-25-29)9-22-18(26-19)16-17(13-5-6-13)23-11-24-20(16)30-4/h9-11,13,29H,5-8,12H2,1-4H3. The van der Waals surface area contributed by atoms with Crippen LogP contribution in [0, 0.1) is 0 Å². The minimum Gasteiger partial charge on any atom is -0.480 e. The third-order valence-corrected chi connectivity index (χ3v) is 6.55. The number of methoxy groups -OCH3 is 1. The van der Waals surface area contributed by atoms with Crippen LogP contribution < -0.4 is 4.74 Å². The number of ether oxygens (including phenoxy) is 2.